The van der Waals surface area contributed by atoms with Crippen molar-refractivity contribution in [1.82, 2.24) is 9.78 Å². The second-order valence-electron chi connectivity index (χ2n) is 2.60. The molecule has 1 aliphatic heterocycles. The zero-order valence-corrected chi connectivity index (χ0v) is 5.90. The Hall–Kier alpha value is -0.830. The largest absolute Gasteiger partial charge is 0.371 e. The van der Waals surface area contributed by atoms with Crippen molar-refractivity contribution in [3.05, 3.63) is 18.5 Å². The molecule has 2 rings (SSSR count). The van der Waals surface area contributed by atoms with Crippen LogP contribution in [0, 0.1) is 0 Å². The lowest BCUT2D eigenvalue weighted by molar-refractivity contribution is 0.325. The van der Waals surface area contributed by atoms with Gasteiger partial charge in [-0.05, 0) is 13.0 Å². The second kappa shape index (κ2) is 2.09. The topological polar surface area (TPSA) is 30.4 Å². The van der Waals surface area contributed by atoms with Crippen LogP contribution < -0.4 is 0 Å². The molecule has 2 atom stereocenters. The minimum absolute atomic E-state index is 0.398. The molecule has 54 valence electrons. The summed E-state index contributed by atoms with van der Waals surface area (Å²) in [4.78, 5) is 0. The van der Waals surface area contributed by atoms with Gasteiger partial charge in [0.2, 0.25) is 0 Å². The van der Waals surface area contributed by atoms with Crippen LogP contribution in [0.15, 0.2) is 18.5 Å². The third-order valence-corrected chi connectivity index (χ3v) is 1.84. The predicted molar refractivity (Wildman–Crippen MR) is 36.7 cm³/mol. The van der Waals surface area contributed by atoms with Gasteiger partial charge >= 0.3 is 0 Å². The first-order valence-corrected chi connectivity index (χ1v) is 3.48. The van der Waals surface area contributed by atoms with E-state index in [4.69, 9.17) is 4.74 Å². The highest BCUT2D eigenvalue weighted by molar-refractivity contribution is 4.86. The van der Waals surface area contributed by atoms with Gasteiger partial charge < -0.3 is 4.74 Å². The van der Waals surface area contributed by atoms with E-state index in [0.717, 1.165) is 6.61 Å². The highest BCUT2D eigenvalue weighted by atomic mass is 16.6. The average Bonchev–Trinajstić information content (AvgIpc) is 2.65. The molecule has 1 aromatic rings. The quantitative estimate of drug-likeness (QED) is 0.567. The van der Waals surface area contributed by atoms with Crippen LogP contribution in [-0.2, 0) is 4.74 Å². The fraction of sp³-hybridized carbons (Fsp3) is 0.571. The zero-order valence-electron chi connectivity index (χ0n) is 5.90. The van der Waals surface area contributed by atoms with Crippen LogP contribution in [-0.4, -0.2) is 22.5 Å². The molecular formula is C7H10N2O. The number of rotatable bonds is 2. The van der Waals surface area contributed by atoms with Gasteiger partial charge in [-0.25, -0.2) is 0 Å². The molecule has 1 aliphatic rings. The minimum Gasteiger partial charge on any atom is -0.371 e. The molecule has 0 N–H and O–H groups in total. The van der Waals surface area contributed by atoms with Gasteiger partial charge in [-0.15, -0.1) is 0 Å². The Kier molecular flexibility index (Phi) is 1.24. The number of ether oxygens (including phenoxy) is 1. The number of hydrogen-bond acceptors (Lipinski definition) is 2. The molecule has 0 bridgehead atoms. The smallest absolute Gasteiger partial charge is 0.103 e. The predicted octanol–water partition coefficient (Wildman–Crippen LogP) is 0.843. The number of epoxide rings is 1. The van der Waals surface area contributed by atoms with E-state index in [-0.39, 0.29) is 0 Å². The highest BCUT2D eigenvalue weighted by Gasteiger charge is 2.30. The van der Waals surface area contributed by atoms with Gasteiger partial charge in [0, 0.05) is 12.4 Å². The Morgan fingerprint density at radius 1 is 1.80 bits per heavy atom. The van der Waals surface area contributed by atoms with Crippen molar-refractivity contribution in [3.63, 3.8) is 0 Å². The van der Waals surface area contributed by atoms with E-state index < -0.39 is 0 Å². The molecule has 0 radical (unpaired) electrons. The Bertz CT molecular complexity index is 203. The normalized spacial score (nSPS) is 26.3. The van der Waals surface area contributed by atoms with Crippen LogP contribution in [0.3, 0.4) is 0 Å². The first kappa shape index (κ1) is 5.92. The second-order valence-corrected chi connectivity index (χ2v) is 2.60. The molecule has 1 saturated heterocycles. The molecule has 1 fully saturated rings. The first-order valence-electron chi connectivity index (χ1n) is 3.48. The summed E-state index contributed by atoms with van der Waals surface area (Å²) >= 11 is 0. The standard InChI is InChI=1S/C7H10N2O/c1-6(7-5-10-7)9-4-2-3-8-9/h2-4,6-7H,5H2,1H3/t6-,7?/m1/s1. The lowest BCUT2D eigenvalue weighted by atomic mass is 10.3. The van der Waals surface area contributed by atoms with E-state index in [2.05, 4.69) is 12.0 Å². The van der Waals surface area contributed by atoms with Crippen LogP contribution in [0.2, 0.25) is 0 Å². The maximum atomic E-state index is 5.13. The van der Waals surface area contributed by atoms with Crippen LogP contribution in [0.5, 0.6) is 0 Å². The summed E-state index contributed by atoms with van der Waals surface area (Å²) in [6, 6.07) is 2.33. The van der Waals surface area contributed by atoms with Crippen molar-refractivity contribution < 1.29 is 4.74 Å². The average molecular weight is 138 g/mol. The maximum absolute atomic E-state index is 5.13. The fourth-order valence-electron chi connectivity index (χ4n) is 1.03. The highest BCUT2D eigenvalue weighted by Crippen LogP contribution is 2.22. The molecule has 0 aromatic carbocycles. The molecule has 0 aliphatic carbocycles. The van der Waals surface area contributed by atoms with Gasteiger partial charge in [0.15, 0.2) is 0 Å². The molecule has 2 heterocycles. The number of aromatic nitrogens is 2. The lowest BCUT2D eigenvalue weighted by Gasteiger charge is -2.06. The summed E-state index contributed by atoms with van der Waals surface area (Å²) in [5.41, 5.74) is 0. The van der Waals surface area contributed by atoms with Gasteiger partial charge in [0.1, 0.15) is 6.10 Å². The van der Waals surface area contributed by atoms with Crippen molar-refractivity contribution in [2.45, 2.75) is 19.1 Å². The molecule has 10 heavy (non-hydrogen) atoms. The number of nitrogens with zero attached hydrogens (tertiary/aromatic N) is 2. The third kappa shape index (κ3) is 0.926. The monoisotopic (exact) mass is 138 g/mol. The van der Waals surface area contributed by atoms with E-state index in [1.54, 1.807) is 6.20 Å². The van der Waals surface area contributed by atoms with Crippen LogP contribution >= 0.6 is 0 Å². The molecule has 0 amide bonds. The summed E-state index contributed by atoms with van der Waals surface area (Å²) in [6.45, 7) is 3.01. The summed E-state index contributed by atoms with van der Waals surface area (Å²) in [5.74, 6) is 0. The van der Waals surface area contributed by atoms with Crippen molar-refractivity contribution in [2.75, 3.05) is 6.61 Å². The van der Waals surface area contributed by atoms with Gasteiger partial charge in [0.05, 0.1) is 12.6 Å². The van der Waals surface area contributed by atoms with E-state index >= 15 is 0 Å². The summed E-state index contributed by atoms with van der Waals surface area (Å²) < 4.78 is 7.06. The van der Waals surface area contributed by atoms with Crippen molar-refractivity contribution >= 4 is 0 Å². The zero-order chi connectivity index (χ0) is 6.97. The SMILES string of the molecule is C[C@H](C1CO1)n1cccn1. The Morgan fingerprint density at radius 2 is 2.60 bits per heavy atom. The van der Waals surface area contributed by atoms with Gasteiger partial charge in [-0.1, -0.05) is 0 Å². The Labute approximate surface area is 59.6 Å². The van der Waals surface area contributed by atoms with E-state index in [0.29, 0.717) is 12.1 Å². The van der Waals surface area contributed by atoms with Gasteiger partial charge in [0.25, 0.3) is 0 Å². The molecule has 1 aromatic heterocycles. The molecular weight excluding hydrogens is 128 g/mol. The van der Waals surface area contributed by atoms with Gasteiger partial charge in [-0.3, -0.25) is 4.68 Å². The summed E-state index contributed by atoms with van der Waals surface area (Å²) in [7, 11) is 0. The molecule has 1 unspecified atom stereocenters. The van der Waals surface area contributed by atoms with E-state index in [9.17, 15) is 0 Å². The third-order valence-electron chi connectivity index (χ3n) is 1.84. The van der Waals surface area contributed by atoms with Crippen LogP contribution in [0.4, 0.5) is 0 Å². The van der Waals surface area contributed by atoms with E-state index in [1.165, 1.54) is 0 Å². The maximum Gasteiger partial charge on any atom is 0.103 e. The molecule has 3 nitrogen and oxygen atoms in total. The van der Waals surface area contributed by atoms with Crippen molar-refractivity contribution in [1.29, 1.82) is 0 Å². The summed E-state index contributed by atoms with van der Waals surface area (Å²) in [6.07, 6.45) is 4.16. The van der Waals surface area contributed by atoms with Crippen molar-refractivity contribution in [2.24, 2.45) is 0 Å². The van der Waals surface area contributed by atoms with E-state index in [1.807, 2.05) is 16.9 Å². The van der Waals surface area contributed by atoms with Crippen LogP contribution in [0.25, 0.3) is 0 Å². The van der Waals surface area contributed by atoms with Crippen LogP contribution in [0.1, 0.15) is 13.0 Å². The lowest BCUT2D eigenvalue weighted by Crippen LogP contribution is -2.11. The summed E-state index contributed by atoms with van der Waals surface area (Å²) in [5, 5.41) is 4.11. The minimum atomic E-state index is 0.398. The Balaban J connectivity index is 2.11. The number of hydrogen-bond donors (Lipinski definition) is 0. The first-order chi connectivity index (χ1) is 4.88. The molecule has 0 saturated carbocycles. The fourth-order valence-corrected chi connectivity index (χ4v) is 1.03. The van der Waals surface area contributed by atoms with Crippen molar-refractivity contribution in [3.8, 4) is 0 Å². The Morgan fingerprint density at radius 3 is 3.10 bits per heavy atom. The molecule has 3 heteroatoms. The van der Waals surface area contributed by atoms with Gasteiger partial charge in [-0.2, -0.15) is 5.10 Å². The molecule has 0 spiro atoms.